The van der Waals surface area contributed by atoms with Crippen LogP contribution in [0.5, 0.6) is 0 Å². The summed E-state index contributed by atoms with van der Waals surface area (Å²) in [6, 6.07) is 8.24. The van der Waals surface area contributed by atoms with Crippen LogP contribution in [0.2, 0.25) is 0 Å². The predicted octanol–water partition coefficient (Wildman–Crippen LogP) is 3.27. The van der Waals surface area contributed by atoms with Crippen molar-refractivity contribution >= 4 is 21.9 Å². The van der Waals surface area contributed by atoms with Gasteiger partial charge in [0.05, 0.1) is 25.2 Å². The highest BCUT2D eigenvalue weighted by Crippen LogP contribution is 2.45. The molecule has 0 aliphatic carbocycles. The molecule has 102 valence electrons. The van der Waals surface area contributed by atoms with Gasteiger partial charge in [-0.2, -0.15) is 0 Å². The van der Waals surface area contributed by atoms with Crippen molar-refractivity contribution in [1.82, 2.24) is 0 Å². The van der Waals surface area contributed by atoms with E-state index in [2.05, 4.69) is 28.1 Å². The number of rotatable bonds is 2. The third-order valence-electron chi connectivity index (χ3n) is 4.26. The number of hydrogen-bond donors (Lipinski definition) is 0. The molecule has 2 saturated heterocycles. The van der Waals surface area contributed by atoms with Crippen LogP contribution in [0.15, 0.2) is 28.7 Å². The molecular formula is C15H17BrO3. The quantitative estimate of drug-likeness (QED) is 0.783. The second-order valence-electron chi connectivity index (χ2n) is 5.32. The molecule has 0 saturated carbocycles. The average molecular weight is 325 g/mol. The Kier molecular flexibility index (Phi) is 3.63. The van der Waals surface area contributed by atoms with Crippen LogP contribution >= 0.6 is 15.9 Å². The van der Waals surface area contributed by atoms with Gasteiger partial charge in [0.1, 0.15) is 0 Å². The van der Waals surface area contributed by atoms with Crippen LogP contribution in [0.4, 0.5) is 0 Å². The Morgan fingerprint density at radius 1 is 1.32 bits per heavy atom. The van der Waals surface area contributed by atoms with Gasteiger partial charge in [0.15, 0.2) is 0 Å². The van der Waals surface area contributed by atoms with Gasteiger partial charge in [-0.3, -0.25) is 4.79 Å². The number of ether oxygens (including phenoxy) is 2. The number of halogens is 1. The maximum atomic E-state index is 12.1. The first-order valence-corrected chi connectivity index (χ1v) is 7.47. The van der Waals surface area contributed by atoms with Gasteiger partial charge in [0, 0.05) is 10.4 Å². The van der Waals surface area contributed by atoms with E-state index in [0.29, 0.717) is 6.10 Å². The maximum Gasteiger partial charge on any atom is 0.311 e. The first-order chi connectivity index (χ1) is 9.19. The fourth-order valence-corrected chi connectivity index (χ4v) is 3.63. The average Bonchev–Trinajstić information content (AvgIpc) is 2.80. The molecule has 0 radical (unpaired) electrons. The number of benzene rings is 1. The van der Waals surface area contributed by atoms with E-state index in [1.165, 1.54) is 12.7 Å². The molecule has 0 amide bonds. The molecule has 2 fully saturated rings. The number of fused-ring (bicyclic) bond motifs is 2. The summed E-state index contributed by atoms with van der Waals surface area (Å²) in [5.74, 6) is -0.0880. The molecule has 3 rings (SSSR count). The zero-order valence-electron chi connectivity index (χ0n) is 10.8. The van der Waals surface area contributed by atoms with Gasteiger partial charge in [0.25, 0.3) is 0 Å². The van der Waals surface area contributed by atoms with Crippen LogP contribution < -0.4 is 0 Å². The van der Waals surface area contributed by atoms with E-state index in [4.69, 9.17) is 9.47 Å². The SMILES string of the molecule is COC(=O)[C@@H]1[C@@H]2CCC(C[C@@H]1c1ccc(Br)cc1)O2. The zero-order valence-corrected chi connectivity index (χ0v) is 12.4. The van der Waals surface area contributed by atoms with Gasteiger partial charge in [-0.1, -0.05) is 28.1 Å². The van der Waals surface area contributed by atoms with Gasteiger partial charge in [-0.05, 0) is 37.0 Å². The molecule has 1 aromatic carbocycles. The number of esters is 1. The van der Waals surface area contributed by atoms with Crippen molar-refractivity contribution < 1.29 is 14.3 Å². The molecule has 1 aromatic rings. The standard InChI is InChI=1S/C15H17BrO3/c1-18-15(17)14-12(8-11-6-7-13(14)19-11)9-2-4-10(16)5-3-9/h2-5,11-14H,6-8H2,1H3/t11?,12-,13+,14+/m1/s1. The molecule has 19 heavy (non-hydrogen) atoms. The van der Waals surface area contributed by atoms with Gasteiger partial charge < -0.3 is 9.47 Å². The van der Waals surface area contributed by atoms with Crippen molar-refractivity contribution in [3.8, 4) is 0 Å². The normalized spacial score (nSPS) is 33.2. The van der Waals surface area contributed by atoms with E-state index in [-0.39, 0.29) is 23.9 Å². The Morgan fingerprint density at radius 2 is 2.05 bits per heavy atom. The second kappa shape index (κ2) is 5.25. The monoisotopic (exact) mass is 324 g/mol. The third-order valence-corrected chi connectivity index (χ3v) is 4.79. The minimum Gasteiger partial charge on any atom is -0.469 e. The number of carbonyl (C=O) groups is 1. The van der Waals surface area contributed by atoms with Gasteiger partial charge >= 0.3 is 5.97 Å². The molecule has 4 atom stereocenters. The minimum absolute atomic E-state index is 0.0276. The lowest BCUT2D eigenvalue weighted by atomic mass is 9.79. The Hall–Kier alpha value is -0.870. The Labute approximate surface area is 121 Å². The summed E-state index contributed by atoms with van der Waals surface area (Å²) >= 11 is 3.45. The van der Waals surface area contributed by atoms with Crippen LogP contribution in [-0.4, -0.2) is 25.3 Å². The minimum atomic E-state index is -0.162. The Bertz CT molecular complexity index is 471. The van der Waals surface area contributed by atoms with Crippen LogP contribution in [0.25, 0.3) is 0 Å². The Balaban J connectivity index is 1.92. The maximum absolute atomic E-state index is 12.1. The van der Waals surface area contributed by atoms with E-state index in [9.17, 15) is 4.79 Å². The summed E-state index contributed by atoms with van der Waals surface area (Å²) in [4.78, 5) is 12.1. The van der Waals surface area contributed by atoms with Crippen molar-refractivity contribution in [3.05, 3.63) is 34.3 Å². The van der Waals surface area contributed by atoms with E-state index < -0.39 is 0 Å². The molecule has 3 nitrogen and oxygen atoms in total. The summed E-state index contributed by atoms with van der Waals surface area (Å²) in [6.07, 6.45) is 3.28. The highest BCUT2D eigenvalue weighted by atomic mass is 79.9. The van der Waals surface area contributed by atoms with E-state index in [1.54, 1.807) is 0 Å². The predicted molar refractivity (Wildman–Crippen MR) is 74.9 cm³/mol. The van der Waals surface area contributed by atoms with Crippen molar-refractivity contribution in [2.45, 2.75) is 37.4 Å². The zero-order chi connectivity index (χ0) is 13.4. The van der Waals surface area contributed by atoms with E-state index >= 15 is 0 Å². The van der Waals surface area contributed by atoms with Crippen molar-refractivity contribution in [2.75, 3.05) is 7.11 Å². The van der Waals surface area contributed by atoms with Crippen molar-refractivity contribution in [1.29, 1.82) is 0 Å². The lowest BCUT2D eigenvalue weighted by Gasteiger charge is -2.35. The first-order valence-electron chi connectivity index (χ1n) is 6.68. The molecule has 2 bridgehead atoms. The van der Waals surface area contributed by atoms with E-state index in [0.717, 1.165) is 23.7 Å². The first kappa shape index (κ1) is 13.1. The smallest absolute Gasteiger partial charge is 0.311 e. The number of methoxy groups -OCH3 is 1. The fourth-order valence-electron chi connectivity index (χ4n) is 3.37. The highest BCUT2D eigenvalue weighted by Gasteiger charge is 2.47. The highest BCUT2D eigenvalue weighted by molar-refractivity contribution is 9.10. The molecule has 2 aliphatic rings. The van der Waals surface area contributed by atoms with Crippen LogP contribution in [0.1, 0.15) is 30.7 Å². The second-order valence-corrected chi connectivity index (χ2v) is 6.23. The summed E-state index contributed by atoms with van der Waals surface area (Å²) in [5, 5.41) is 0. The molecule has 2 heterocycles. The van der Waals surface area contributed by atoms with Gasteiger partial charge in [-0.15, -0.1) is 0 Å². The molecular weight excluding hydrogens is 308 g/mol. The third kappa shape index (κ3) is 2.43. The Morgan fingerprint density at radius 3 is 2.74 bits per heavy atom. The van der Waals surface area contributed by atoms with Crippen LogP contribution in [0, 0.1) is 5.92 Å². The fraction of sp³-hybridized carbons (Fsp3) is 0.533. The van der Waals surface area contributed by atoms with Crippen molar-refractivity contribution in [3.63, 3.8) is 0 Å². The van der Waals surface area contributed by atoms with Gasteiger partial charge in [-0.25, -0.2) is 0 Å². The summed E-state index contributed by atoms with van der Waals surface area (Å²) < 4.78 is 11.9. The number of carbonyl (C=O) groups excluding carboxylic acids is 1. The number of hydrogen-bond acceptors (Lipinski definition) is 3. The van der Waals surface area contributed by atoms with E-state index in [1.807, 2.05) is 12.1 Å². The van der Waals surface area contributed by atoms with Crippen LogP contribution in [0.3, 0.4) is 0 Å². The topological polar surface area (TPSA) is 35.5 Å². The summed E-state index contributed by atoms with van der Waals surface area (Å²) in [7, 11) is 1.46. The molecule has 2 aliphatic heterocycles. The lowest BCUT2D eigenvalue weighted by molar-refractivity contribution is -0.156. The molecule has 0 N–H and O–H groups in total. The molecule has 0 spiro atoms. The molecule has 4 heteroatoms. The van der Waals surface area contributed by atoms with Crippen molar-refractivity contribution in [2.24, 2.45) is 5.92 Å². The molecule has 0 aromatic heterocycles. The molecule has 1 unspecified atom stereocenters. The summed E-state index contributed by atoms with van der Waals surface area (Å²) in [5.41, 5.74) is 1.21. The van der Waals surface area contributed by atoms with Gasteiger partial charge in [0.2, 0.25) is 0 Å². The van der Waals surface area contributed by atoms with Crippen LogP contribution in [-0.2, 0) is 14.3 Å². The summed E-state index contributed by atoms with van der Waals surface area (Å²) in [6.45, 7) is 0. The largest absolute Gasteiger partial charge is 0.469 e. The lowest BCUT2D eigenvalue weighted by Crippen LogP contribution is -2.39.